The molecule has 0 heterocycles. The van der Waals surface area contributed by atoms with Crippen LogP contribution in [-0.4, -0.2) is 25.0 Å². The van der Waals surface area contributed by atoms with Crippen LogP contribution in [0.5, 0.6) is 0 Å². The third-order valence-electron chi connectivity index (χ3n) is 2.45. The monoisotopic (exact) mass is 255 g/mol. The number of methoxy groups -OCH3 is 1. The normalized spacial score (nSPS) is 12.7. The zero-order chi connectivity index (χ0) is 14.0. The van der Waals surface area contributed by atoms with E-state index in [9.17, 15) is 9.59 Å². The molecule has 0 aromatic rings. The lowest BCUT2D eigenvalue weighted by molar-refractivity contribution is -0.145. The van der Waals surface area contributed by atoms with E-state index in [4.69, 9.17) is 0 Å². The summed E-state index contributed by atoms with van der Waals surface area (Å²) in [7, 11) is 1.34. The fourth-order valence-electron chi connectivity index (χ4n) is 1.56. The Morgan fingerprint density at radius 1 is 1.28 bits per heavy atom. The predicted octanol–water partition coefficient (Wildman–Crippen LogP) is 2.44. The van der Waals surface area contributed by atoms with Crippen LogP contribution in [0.25, 0.3) is 0 Å². The molecule has 1 N–H and O–H groups in total. The third kappa shape index (κ3) is 7.87. The molecule has 1 amide bonds. The highest BCUT2D eigenvalue weighted by Gasteiger charge is 2.21. The molecule has 18 heavy (non-hydrogen) atoms. The summed E-state index contributed by atoms with van der Waals surface area (Å²) < 4.78 is 4.69. The maximum Gasteiger partial charge on any atom is 0.328 e. The second-order valence-electron chi connectivity index (χ2n) is 4.74. The lowest BCUT2D eigenvalue weighted by atomic mass is 10.0. The van der Waals surface area contributed by atoms with Gasteiger partial charge in [-0.1, -0.05) is 39.3 Å². The number of nitrogens with one attached hydrogen (secondary N) is 1. The fraction of sp³-hybridized carbons (Fsp3) is 0.714. The molecule has 0 rings (SSSR count). The minimum Gasteiger partial charge on any atom is -0.467 e. The maximum absolute atomic E-state index is 11.6. The Morgan fingerprint density at radius 2 is 1.94 bits per heavy atom. The van der Waals surface area contributed by atoms with E-state index in [-0.39, 0.29) is 11.9 Å². The lowest BCUT2D eigenvalue weighted by Gasteiger charge is -2.17. The van der Waals surface area contributed by atoms with Crippen LogP contribution in [0.2, 0.25) is 0 Å². The summed E-state index contributed by atoms with van der Waals surface area (Å²) in [6.07, 6.45) is 6.76. The Hall–Kier alpha value is -1.32. The van der Waals surface area contributed by atoms with E-state index in [0.717, 1.165) is 12.8 Å². The molecular formula is C14H25NO3. The van der Waals surface area contributed by atoms with Gasteiger partial charge in [0.25, 0.3) is 0 Å². The van der Waals surface area contributed by atoms with Gasteiger partial charge in [-0.2, -0.15) is 0 Å². The highest BCUT2D eigenvalue weighted by Crippen LogP contribution is 2.06. The zero-order valence-electron chi connectivity index (χ0n) is 11.9. The lowest BCUT2D eigenvalue weighted by Crippen LogP contribution is -2.42. The SMILES string of the molecule is CCCC=CCC(=O)N[C@@H](CC(C)C)C(=O)OC. The number of carbonyl (C=O) groups is 2. The van der Waals surface area contributed by atoms with Crippen LogP contribution in [0.1, 0.15) is 46.5 Å². The fourth-order valence-corrected chi connectivity index (χ4v) is 1.56. The second kappa shape index (κ2) is 9.68. The highest BCUT2D eigenvalue weighted by atomic mass is 16.5. The van der Waals surface area contributed by atoms with Gasteiger partial charge in [-0.25, -0.2) is 4.79 Å². The van der Waals surface area contributed by atoms with Crippen molar-refractivity contribution < 1.29 is 14.3 Å². The Morgan fingerprint density at radius 3 is 2.44 bits per heavy atom. The molecule has 0 aliphatic heterocycles. The average Bonchev–Trinajstić information content (AvgIpc) is 2.32. The Bertz CT molecular complexity index is 285. The molecule has 0 fully saturated rings. The number of ether oxygens (including phenoxy) is 1. The van der Waals surface area contributed by atoms with Crippen molar-refractivity contribution in [3.8, 4) is 0 Å². The minimum atomic E-state index is -0.540. The minimum absolute atomic E-state index is 0.140. The van der Waals surface area contributed by atoms with Gasteiger partial charge in [0.05, 0.1) is 7.11 Å². The first-order valence-electron chi connectivity index (χ1n) is 6.53. The molecule has 4 nitrogen and oxygen atoms in total. The molecule has 0 aromatic heterocycles. The molecule has 0 saturated carbocycles. The first kappa shape index (κ1) is 16.7. The van der Waals surface area contributed by atoms with Gasteiger partial charge < -0.3 is 10.1 Å². The topological polar surface area (TPSA) is 55.4 Å². The molecule has 0 bridgehead atoms. The number of allylic oxidation sites excluding steroid dienone is 1. The van der Waals surface area contributed by atoms with Crippen molar-refractivity contribution in [2.24, 2.45) is 5.92 Å². The molecule has 0 aliphatic rings. The van der Waals surface area contributed by atoms with Crippen LogP contribution in [0, 0.1) is 5.92 Å². The van der Waals surface area contributed by atoms with E-state index in [1.807, 2.05) is 26.0 Å². The van der Waals surface area contributed by atoms with Crippen LogP contribution < -0.4 is 5.32 Å². The van der Waals surface area contributed by atoms with Crippen molar-refractivity contribution in [1.29, 1.82) is 0 Å². The standard InChI is InChI=1S/C14H25NO3/c1-5-6-7-8-9-13(16)15-12(10-11(2)3)14(17)18-4/h7-8,11-12H,5-6,9-10H2,1-4H3,(H,15,16)/t12-/m0/s1. The van der Waals surface area contributed by atoms with Crippen molar-refractivity contribution in [3.05, 3.63) is 12.2 Å². The number of amides is 1. The number of rotatable bonds is 8. The Balaban J connectivity index is 4.22. The quantitative estimate of drug-likeness (QED) is 0.535. The van der Waals surface area contributed by atoms with Crippen LogP contribution in [0.4, 0.5) is 0 Å². The summed E-state index contributed by atoms with van der Waals surface area (Å²) in [5, 5.41) is 2.71. The molecule has 4 heteroatoms. The van der Waals surface area contributed by atoms with Crippen molar-refractivity contribution in [3.63, 3.8) is 0 Å². The Labute approximate surface area is 110 Å². The summed E-state index contributed by atoms with van der Waals surface area (Å²) in [5.41, 5.74) is 0. The van der Waals surface area contributed by atoms with E-state index < -0.39 is 6.04 Å². The van der Waals surface area contributed by atoms with E-state index in [1.165, 1.54) is 7.11 Å². The van der Waals surface area contributed by atoms with Crippen molar-refractivity contribution >= 4 is 11.9 Å². The van der Waals surface area contributed by atoms with Crippen LogP contribution in [-0.2, 0) is 14.3 Å². The number of unbranched alkanes of at least 4 members (excludes halogenated alkanes) is 1. The summed E-state index contributed by atoms with van der Waals surface area (Å²) >= 11 is 0. The number of hydrogen-bond donors (Lipinski definition) is 1. The first-order valence-corrected chi connectivity index (χ1v) is 6.53. The molecule has 0 unspecified atom stereocenters. The van der Waals surface area contributed by atoms with Gasteiger partial charge >= 0.3 is 5.97 Å². The molecule has 0 spiro atoms. The largest absolute Gasteiger partial charge is 0.467 e. The predicted molar refractivity (Wildman–Crippen MR) is 72.1 cm³/mol. The van der Waals surface area contributed by atoms with Gasteiger partial charge in [0, 0.05) is 6.42 Å². The van der Waals surface area contributed by atoms with E-state index >= 15 is 0 Å². The van der Waals surface area contributed by atoms with Gasteiger partial charge in [-0.3, -0.25) is 4.79 Å². The number of hydrogen-bond acceptors (Lipinski definition) is 3. The molecule has 0 saturated heterocycles. The van der Waals surface area contributed by atoms with E-state index in [2.05, 4.69) is 17.0 Å². The van der Waals surface area contributed by atoms with Gasteiger partial charge in [-0.15, -0.1) is 0 Å². The molecular weight excluding hydrogens is 230 g/mol. The number of esters is 1. The Kier molecular flexibility index (Phi) is 8.97. The smallest absolute Gasteiger partial charge is 0.328 e. The van der Waals surface area contributed by atoms with Gasteiger partial charge in [0.1, 0.15) is 6.04 Å². The second-order valence-corrected chi connectivity index (χ2v) is 4.74. The summed E-state index contributed by atoms with van der Waals surface area (Å²) in [4.78, 5) is 23.2. The van der Waals surface area contributed by atoms with Crippen LogP contribution in [0.3, 0.4) is 0 Å². The van der Waals surface area contributed by atoms with Crippen molar-refractivity contribution in [2.45, 2.75) is 52.5 Å². The molecule has 0 aromatic carbocycles. The van der Waals surface area contributed by atoms with E-state index in [0.29, 0.717) is 18.8 Å². The first-order chi connectivity index (χ1) is 8.51. The van der Waals surface area contributed by atoms with Gasteiger partial charge in [0.15, 0.2) is 0 Å². The van der Waals surface area contributed by atoms with Crippen molar-refractivity contribution in [2.75, 3.05) is 7.11 Å². The highest BCUT2D eigenvalue weighted by molar-refractivity contribution is 5.85. The molecule has 1 atom stereocenters. The summed E-state index contributed by atoms with van der Waals surface area (Å²) in [5.74, 6) is -0.196. The number of carbonyl (C=O) groups excluding carboxylic acids is 2. The molecule has 104 valence electrons. The van der Waals surface area contributed by atoms with Gasteiger partial charge in [-0.05, 0) is 18.8 Å². The summed E-state index contributed by atoms with van der Waals surface area (Å²) in [6, 6.07) is -0.540. The zero-order valence-corrected chi connectivity index (χ0v) is 11.9. The van der Waals surface area contributed by atoms with Crippen LogP contribution >= 0.6 is 0 Å². The summed E-state index contributed by atoms with van der Waals surface area (Å²) in [6.45, 7) is 6.09. The van der Waals surface area contributed by atoms with E-state index in [1.54, 1.807) is 0 Å². The van der Waals surface area contributed by atoms with Crippen molar-refractivity contribution in [1.82, 2.24) is 5.32 Å². The maximum atomic E-state index is 11.6. The average molecular weight is 255 g/mol. The molecule has 0 aliphatic carbocycles. The van der Waals surface area contributed by atoms with Crippen LogP contribution in [0.15, 0.2) is 12.2 Å². The van der Waals surface area contributed by atoms with Gasteiger partial charge in [0.2, 0.25) is 5.91 Å². The third-order valence-corrected chi connectivity index (χ3v) is 2.45. The molecule has 0 radical (unpaired) electrons.